The Morgan fingerprint density at radius 3 is 1.56 bits per heavy atom. The zero-order valence-electron chi connectivity index (χ0n) is 14.6. The van der Waals surface area contributed by atoms with Crippen LogP contribution in [0, 0.1) is 11.3 Å². The van der Waals surface area contributed by atoms with Gasteiger partial charge < -0.3 is 0 Å². The van der Waals surface area contributed by atoms with Gasteiger partial charge in [-0.2, -0.15) is 0 Å². The fraction of sp³-hybridized carbons (Fsp3) is 0.778. The summed E-state index contributed by atoms with van der Waals surface area (Å²) in [7, 11) is 0. The quantitative estimate of drug-likeness (QED) is 0.407. The molecule has 1 aliphatic carbocycles. The Kier molecular flexibility index (Phi) is 18.3. The van der Waals surface area contributed by atoms with Crippen molar-refractivity contribution in [2.45, 2.75) is 81.6 Å². The summed E-state index contributed by atoms with van der Waals surface area (Å²) in [5.74, 6) is 0.914. The van der Waals surface area contributed by atoms with E-state index < -0.39 is 0 Å². The maximum Gasteiger partial charge on any atom is -0.0317 e. The second-order valence-electron chi connectivity index (χ2n) is 5.55. The van der Waals surface area contributed by atoms with Crippen LogP contribution in [0.15, 0.2) is 24.3 Å². The molecule has 0 saturated carbocycles. The van der Waals surface area contributed by atoms with Gasteiger partial charge in [-0.15, -0.1) is 6.58 Å². The van der Waals surface area contributed by atoms with Gasteiger partial charge in [-0.25, -0.2) is 0 Å². The van der Waals surface area contributed by atoms with Crippen molar-refractivity contribution in [3.05, 3.63) is 24.3 Å². The number of allylic oxidation sites excluding steroid dienone is 3. The maximum atomic E-state index is 3.56. The summed E-state index contributed by atoms with van der Waals surface area (Å²) in [5.41, 5.74) is 1.69. The van der Waals surface area contributed by atoms with E-state index in [0.29, 0.717) is 5.41 Å². The Morgan fingerprint density at radius 1 is 1.00 bits per heavy atom. The number of hydrogen-bond acceptors (Lipinski definition) is 0. The summed E-state index contributed by atoms with van der Waals surface area (Å²) >= 11 is 0. The largest absolute Gasteiger partial charge is 0.100 e. The third kappa shape index (κ3) is 17.9. The Hall–Kier alpha value is -0.520. The van der Waals surface area contributed by atoms with Gasteiger partial charge in [0.05, 0.1) is 0 Å². The average Bonchev–Trinajstić information content (AvgIpc) is 2.34. The molecular formula is C18H38. The Labute approximate surface area is 118 Å². The molecule has 1 aliphatic rings. The Balaban J connectivity index is -0.000000238. The van der Waals surface area contributed by atoms with Crippen molar-refractivity contribution < 1.29 is 0 Å². The van der Waals surface area contributed by atoms with Crippen molar-refractivity contribution in [1.29, 1.82) is 0 Å². The first kappa shape index (κ1) is 22.6. The molecule has 0 heteroatoms. The van der Waals surface area contributed by atoms with Gasteiger partial charge in [-0.1, -0.05) is 66.2 Å². The fourth-order valence-electron chi connectivity index (χ4n) is 1.58. The summed E-state index contributed by atoms with van der Waals surface area (Å²) in [6, 6.07) is 0. The summed E-state index contributed by atoms with van der Waals surface area (Å²) in [4.78, 5) is 0. The molecule has 0 aromatic heterocycles. The average molecular weight is 255 g/mol. The second kappa shape index (κ2) is 14.5. The van der Waals surface area contributed by atoms with E-state index in [1.165, 1.54) is 24.8 Å². The smallest absolute Gasteiger partial charge is 0.0317 e. The molecule has 0 radical (unpaired) electrons. The first-order valence-corrected chi connectivity index (χ1v) is 7.61. The van der Waals surface area contributed by atoms with Crippen LogP contribution in [0.2, 0.25) is 0 Å². The van der Waals surface area contributed by atoms with E-state index in [1.807, 2.05) is 41.5 Å². The molecule has 0 amide bonds. The fourth-order valence-corrected chi connectivity index (χ4v) is 1.58. The van der Waals surface area contributed by atoms with Crippen LogP contribution in [0.4, 0.5) is 0 Å². The third-order valence-corrected chi connectivity index (χ3v) is 2.49. The van der Waals surface area contributed by atoms with E-state index in [2.05, 4.69) is 39.5 Å². The minimum absolute atomic E-state index is 0.519. The van der Waals surface area contributed by atoms with Gasteiger partial charge in [-0.05, 0) is 44.4 Å². The van der Waals surface area contributed by atoms with Crippen molar-refractivity contribution in [3.8, 4) is 0 Å². The van der Waals surface area contributed by atoms with E-state index in [0.717, 1.165) is 5.92 Å². The number of rotatable bonds is 0. The highest BCUT2D eigenvalue weighted by molar-refractivity contribution is 4.93. The highest BCUT2D eigenvalue weighted by Crippen LogP contribution is 2.34. The van der Waals surface area contributed by atoms with Gasteiger partial charge in [0, 0.05) is 0 Å². The van der Waals surface area contributed by atoms with Crippen molar-refractivity contribution in [1.82, 2.24) is 0 Å². The van der Waals surface area contributed by atoms with Crippen LogP contribution in [-0.4, -0.2) is 0 Å². The zero-order chi connectivity index (χ0) is 15.2. The van der Waals surface area contributed by atoms with Crippen LogP contribution in [0.25, 0.3) is 0 Å². The van der Waals surface area contributed by atoms with Gasteiger partial charge in [-0.3, -0.25) is 0 Å². The Morgan fingerprint density at radius 2 is 1.39 bits per heavy atom. The molecule has 0 spiro atoms. The van der Waals surface area contributed by atoms with E-state index in [-0.39, 0.29) is 0 Å². The van der Waals surface area contributed by atoms with E-state index in [9.17, 15) is 0 Å². The molecule has 0 N–H and O–H groups in total. The summed E-state index contributed by atoms with van der Waals surface area (Å²) in [5, 5.41) is 0. The summed E-state index contributed by atoms with van der Waals surface area (Å²) < 4.78 is 0. The molecule has 0 bridgehead atoms. The lowest BCUT2D eigenvalue weighted by molar-refractivity contribution is 0.223. The van der Waals surface area contributed by atoms with Gasteiger partial charge >= 0.3 is 0 Å². The predicted molar refractivity (Wildman–Crippen MR) is 89.1 cm³/mol. The van der Waals surface area contributed by atoms with Crippen molar-refractivity contribution in [3.63, 3.8) is 0 Å². The van der Waals surface area contributed by atoms with Crippen molar-refractivity contribution >= 4 is 0 Å². The van der Waals surface area contributed by atoms with Gasteiger partial charge in [0.25, 0.3) is 0 Å². The summed E-state index contributed by atoms with van der Waals surface area (Å²) in [6.45, 7) is 22.5. The first-order valence-electron chi connectivity index (χ1n) is 7.61. The highest BCUT2D eigenvalue weighted by Gasteiger charge is 2.23. The minimum Gasteiger partial charge on any atom is -0.100 e. The molecule has 0 aliphatic heterocycles. The van der Waals surface area contributed by atoms with E-state index in [4.69, 9.17) is 0 Å². The zero-order valence-corrected chi connectivity index (χ0v) is 14.6. The maximum absolute atomic E-state index is 3.56. The molecule has 0 aromatic rings. The van der Waals surface area contributed by atoms with Crippen LogP contribution in [0.3, 0.4) is 0 Å². The van der Waals surface area contributed by atoms with Crippen LogP contribution < -0.4 is 0 Å². The van der Waals surface area contributed by atoms with Crippen LogP contribution in [0.5, 0.6) is 0 Å². The van der Waals surface area contributed by atoms with Gasteiger partial charge in [0.15, 0.2) is 0 Å². The van der Waals surface area contributed by atoms with Crippen LogP contribution >= 0.6 is 0 Å². The van der Waals surface area contributed by atoms with Gasteiger partial charge in [0.2, 0.25) is 0 Å². The monoisotopic (exact) mass is 254 g/mol. The first-order chi connectivity index (χ1) is 8.34. The van der Waals surface area contributed by atoms with Crippen molar-refractivity contribution in [2.75, 3.05) is 0 Å². The molecule has 110 valence electrons. The molecule has 0 fully saturated rings. The minimum atomic E-state index is 0.519. The molecule has 1 rings (SSSR count). The molecule has 0 heterocycles. The standard InChI is InChI=1S/C10H18.C4H8.2C2H6/c1-10(2,3)9-7-5-4-6-8-9;1-4(2)3;2*1-2/h4-5,9H,6-8H2,1-3H3;1H2,2-3H3;2*1-2H3. The lowest BCUT2D eigenvalue weighted by Gasteiger charge is -2.31. The lowest BCUT2D eigenvalue weighted by Crippen LogP contribution is -2.20. The summed E-state index contributed by atoms with van der Waals surface area (Å²) in [6.07, 6.45) is 8.62. The molecule has 0 saturated heterocycles. The third-order valence-electron chi connectivity index (χ3n) is 2.49. The molecular weight excluding hydrogens is 216 g/mol. The molecule has 1 atom stereocenters. The SMILES string of the molecule is C=C(C)C.CC.CC.CC(C)(C)C1CC=CCC1. The van der Waals surface area contributed by atoms with E-state index in [1.54, 1.807) is 0 Å². The van der Waals surface area contributed by atoms with Crippen LogP contribution in [0.1, 0.15) is 81.6 Å². The lowest BCUT2D eigenvalue weighted by atomic mass is 9.74. The molecule has 1 unspecified atom stereocenters. The second-order valence-corrected chi connectivity index (χ2v) is 5.55. The normalized spacial score (nSPS) is 17.1. The highest BCUT2D eigenvalue weighted by atomic mass is 14.3. The molecule has 0 nitrogen and oxygen atoms in total. The predicted octanol–water partition coefficient (Wildman–Crippen LogP) is 7.02. The number of hydrogen-bond donors (Lipinski definition) is 0. The Bertz CT molecular complexity index is 187. The molecule has 0 aromatic carbocycles. The van der Waals surface area contributed by atoms with Crippen molar-refractivity contribution in [2.24, 2.45) is 11.3 Å². The van der Waals surface area contributed by atoms with Crippen LogP contribution in [-0.2, 0) is 0 Å². The van der Waals surface area contributed by atoms with E-state index >= 15 is 0 Å². The molecule has 18 heavy (non-hydrogen) atoms. The topological polar surface area (TPSA) is 0 Å². The van der Waals surface area contributed by atoms with Gasteiger partial charge in [0.1, 0.15) is 0 Å².